The summed E-state index contributed by atoms with van der Waals surface area (Å²) in [6.07, 6.45) is 4.11. The van der Waals surface area contributed by atoms with Crippen molar-refractivity contribution in [2.45, 2.75) is 32.6 Å². The lowest BCUT2D eigenvalue weighted by Crippen LogP contribution is -2.36. The maximum atomic E-state index is 11.6. The lowest BCUT2D eigenvalue weighted by Gasteiger charge is -2.28. The second-order valence-electron chi connectivity index (χ2n) is 5.39. The Morgan fingerprint density at radius 2 is 1.63 bits per heavy atom. The van der Waals surface area contributed by atoms with Gasteiger partial charge in [0.25, 0.3) is 0 Å². The molecule has 1 aromatic heterocycles. The van der Waals surface area contributed by atoms with E-state index in [1.54, 1.807) is 0 Å². The highest BCUT2D eigenvalue weighted by Gasteiger charge is 2.21. The molecule has 2 aliphatic heterocycles. The molecule has 0 amide bonds. The number of piperidine rings is 1. The molecule has 102 valence electrons. The minimum Gasteiger partial charge on any atom is -0.356 e. The quantitative estimate of drug-likeness (QED) is 0.807. The fourth-order valence-corrected chi connectivity index (χ4v) is 2.84. The molecule has 0 N–H and O–H groups in total. The number of anilines is 2. The van der Waals surface area contributed by atoms with Gasteiger partial charge in [0.15, 0.2) is 5.78 Å². The molecule has 3 rings (SSSR count). The monoisotopic (exact) mass is 260 g/mol. The zero-order valence-corrected chi connectivity index (χ0v) is 11.4. The van der Waals surface area contributed by atoms with E-state index in [4.69, 9.17) is 0 Å². The van der Waals surface area contributed by atoms with E-state index in [0.29, 0.717) is 18.7 Å². The normalized spacial score (nSPS) is 20.2. The summed E-state index contributed by atoms with van der Waals surface area (Å²) in [5, 5.41) is 0. The first-order valence-electron chi connectivity index (χ1n) is 7.10. The van der Waals surface area contributed by atoms with Gasteiger partial charge in [0.2, 0.25) is 0 Å². The SMILES string of the molecule is Cc1nc(N2CCCC2)cc(N2CCCC(=O)C2)n1. The Kier molecular flexibility index (Phi) is 3.36. The highest BCUT2D eigenvalue weighted by atomic mass is 16.1. The van der Waals surface area contributed by atoms with Crippen LogP contribution in [0.5, 0.6) is 0 Å². The van der Waals surface area contributed by atoms with Crippen LogP contribution in [0, 0.1) is 6.92 Å². The van der Waals surface area contributed by atoms with Crippen molar-refractivity contribution in [2.24, 2.45) is 0 Å². The number of Topliss-reactive ketones (excluding diaryl/α,β-unsaturated/α-hetero) is 1. The van der Waals surface area contributed by atoms with Crippen molar-refractivity contribution >= 4 is 17.4 Å². The number of aromatic nitrogens is 2. The molecule has 0 saturated carbocycles. The van der Waals surface area contributed by atoms with Gasteiger partial charge in [-0.05, 0) is 26.2 Å². The van der Waals surface area contributed by atoms with E-state index in [1.807, 2.05) is 13.0 Å². The maximum Gasteiger partial charge on any atom is 0.152 e. The van der Waals surface area contributed by atoms with E-state index in [1.165, 1.54) is 12.8 Å². The van der Waals surface area contributed by atoms with Gasteiger partial charge in [-0.15, -0.1) is 0 Å². The third kappa shape index (κ3) is 2.69. The van der Waals surface area contributed by atoms with E-state index in [9.17, 15) is 4.79 Å². The summed E-state index contributed by atoms with van der Waals surface area (Å²) in [4.78, 5) is 25.0. The van der Waals surface area contributed by atoms with Crippen molar-refractivity contribution in [3.63, 3.8) is 0 Å². The Labute approximate surface area is 113 Å². The molecule has 1 aromatic rings. The molecule has 2 aliphatic rings. The second kappa shape index (κ2) is 5.15. The van der Waals surface area contributed by atoms with E-state index < -0.39 is 0 Å². The van der Waals surface area contributed by atoms with Crippen molar-refractivity contribution in [3.05, 3.63) is 11.9 Å². The molecule has 0 unspecified atom stereocenters. The summed E-state index contributed by atoms with van der Waals surface area (Å²) in [6.45, 7) is 5.50. The first-order valence-corrected chi connectivity index (χ1v) is 7.10. The fourth-order valence-electron chi connectivity index (χ4n) is 2.84. The summed E-state index contributed by atoms with van der Waals surface area (Å²) >= 11 is 0. The summed E-state index contributed by atoms with van der Waals surface area (Å²) in [5.74, 6) is 3.02. The molecule has 5 nitrogen and oxygen atoms in total. The summed E-state index contributed by atoms with van der Waals surface area (Å²) in [6, 6.07) is 2.04. The first kappa shape index (κ1) is 12.4. The number of aryl methyl sites for hydroxylation is 1. The van der Waals surface area contributed by atoms with E-state index in [-0.39, 0.29) is 0 Å². The lowest BCUT2D eigenvalue weighted by molar-refractivity contribution is -0.118. The average Bonchev–Trinajstić information content (AvgIpc) is 2.92. The molecule has 2 fully saturated rings. The number of carbonyl (C=O) groups excluding carboxylic acids is 1. The largest absolute Gasteiger partial charge is 0.356 e. The zero-order chi connectivity index (χ0) is 13.2. The van der Waals surface area contributed by atoms with Gasteiger partial charge >= 0.3 is 0 Å². The number of hydrogen-bond acceptors (Lipinski definition) is 5. The maximum absolute atomic E-state index is 11.6. The van der Waals surface area contributed by atoms with Crippen molar-refractivity contribution in [2.75, 3.05) is 36.0 Å². The van der Waals surface area contributed by atoms with Gasteiger partial charge < -0.3 is 9.80 Å². The molecule has 0 aromatic carbocycles. The number of nitrogens with zero attached hydrogens (tertiary/aromatic N) is 4. The van der Waals surface area contributed by atoms with E-state index in [2.05, 4.69) is 19.8 Å². The van der Waals surface area contributed by atoms with Crippen molar-refractivity contribution in [1.82, 2.24) is 9.97 Å². The molecular weight excluding hydrogens is 240 g/mol. The van der Waals surface area contributed by atoms with Crippen LogP contribution >= 0.6 is 0 Å². The topological polar surface area (TPSA) is 49.3 Å². The summed E-state index contributed by atoms with van der Waals surface area (Å²) in [7, 11) is 0. The highest BCUT2D eigenvalue weighted by Crippen LogP contribution is 2.23. The third-order valence-corrected chi connectivity index (χ3v) is 3.82. The molecule has 0 spiro atoms. The Morgan fingerprint density at radius 1 is 1.00 bits per heavy atom. The van der Waals surface area contributed by atoms with Crippen LogP contribution in [0.15, 0.2) is 6.07 Å². The van der Waals surface area contributed by atoms with Gasteiger partial charge in [-0.25, -0.2) is 9.97 Å². The van der Waals surface area contributed by atoms with Crippen molar-refractivity contribution in [3.8, 4) is 0 Å². The zero-order valence-electron chi connectivity index (χ0n) is 11.4. The van der Waals surface area contributed by atoms with Crippen molar-refractivity contribution < 1.29 is 4.79 Å². The minimum atomic E-state index is 0.310. The Bertz CT molecular complexity index is 482. The molecule has 0 bridgehead atoms. The molecule has 5 heteroatoms. The molecule has 0 aliphatic carbocycles. The molecule has 2 saturated heterocycles. The van der Waals surface area contributed by atoms with Crippen LogP contribution in [0.4, 0.5) is 11.6 Å². The van der Waals surface area contributed by atoms with E-state index in [0.717, 1.165) is 43.5 Å². The summed E-state index contributed by atoms with van der Waals surface area (Å²) in [5.41, 5.74) is 0. The first-order chi connectivity index (χ1) is 9.22. The van der Waals surface area contributed by atoms with Gasteiger partial charge in [0.05, 0.1) is 6.54 Å². The third-order valence-electron chi connectivity index (χ3n) is 3.82. The number of hydrogen-bond donors (Lipinski definition) is 0. The molecule has 0 atom stereocenters. The van der Waals surface area contributed by atoms with Crippen LogP contribution in [0.2, 0.25) is 0 Å². The van der Waals surface area contributed by atoms with Crippen molar-refractivity contribution in [1.29, 1.82) is 0 Å². The number of rotatable bonds is 2. The van der Waals surface area contributed by atoms with Gasteiger partial charge in [-0.1, -0.05) is 0 Å². The Hall–Kier alpha value is -1.65. The van der Waals surface area contributed by atoms with Gasteiger partial charge in [-0.3, -0.25) is 4.79 Å². The smallest absolute Gasteiger partial charge is 0.152 e. The van der Waals surface area contributed by atoms with Gasteiger partial charge in [0.1, 0.15) is 17.5 Å². The Balaban J connectivity index is 1.86. The standard InChI is InChI=1S/C14H20N4O/c1-11-15-13(17-6-2-3-7-17)9-14(16-11)18-8-4-5-12(19)10-18/h9H,2-8,10H2,1H3. The Morgan fingerprint density at radius 3 is 2.32 bits per heavy atom. The second-order valence-corrected chi connectivity index (χ2v) is 5.39. The lowest BCUT2D eigenvalue weighted by atomic mass is 10.1. The van der Waals surface area contributed by atoms with Crippen LogP contribution in [0.1, 0.15) is 31.5 Å². The van der Waals surface area contributed by atoms with Crippen LogP contribution < -0.4 is 9.80 Å². The summed E-state index contributed by atoms with van der Waals surface area (Å²) < 4.78 is 0. The van der Waals surface area contributed by atoms with Gasteiger partial charge in [0, 0.05) is 32.1 Å². The van der Waals surface area contributed by atoms with Crippen LogP contribution in [-0.2, 0) is 4.79 Å². The molecule has 19 heavy (non-hydrogen) atoms. The number of carbonyl (C=O) groups is 1. The molecule has 0 radical (unpaired) electrons. The van der Waals surface area contributed by atoms with Crippen LogP contribution in [0.3, 0.4) is 0 Å². The highest BCUT2D eigenvalue weighted by molar-refractivity contribution is 5.84. The predicted molar refractivity (Wildman–Crippen MR) is 74.7 cm³/mol. The predicted octanol–water partition coefficient (Wildman–Crippen LogP) is 1.55. The fraction of sp³-hybridized carbons (Fsp3) is 0.643. The van der Waals surface area contributed by atoms with Gasteiger partial charge in [-0.2, -0.15) is 0 Å². The average molecular weight is 260 g/mol. The molecule has 3 heterocycles. The van der Waals surface area contributed by atoms with Crippen LogP contribution in [-0.4, -0.2) is 41.9 Å². The minimum absolute atomic E-state index is 0.310. The van der Waals surface area contributed by atoms with Crippen LogP contribution in [0.25, 0.3) is 0 Å². The van der Waals surface area contributed by atoms with E-state index >= 15 is 0 Å². The molecular formula is C14H20N4O. The number of ketones is 1.